The molecule has 0 aliphatic heterocycles. The Bertz CT molecular complexity index is 770. The SMILES string of the molecule is CCCOc1c(Cl)cc(C(=O)Nc2ccc(Br)cc2F)cc1OCC. The molecule has 0 aliphatic carbocycles. The summed E-state index contributed by atoms with van der Waals surface area (Å²) < 4.78 is 25.6. The van der Waals surface area contributed by atoms with Gasteiger partial charge in [-0.05, 0) is 43.7 Å². The van der Waals surface area contributed by atoms with Crippen LogP contribution in [-0.4, -0.2) is 19.1 Å². The molecule has 0 saturated heterocycles. The second-order valence-electron chi connectivity index (χ2n) is 5.15. The van der Waals surface area contributed by atoms with Crippen molar-refractivity contribution in [2.24, 2.45) is 0 Å². The summed E-state index contributed by atoms with van der Waals surface area (Å²) in [5, 5.41) is 2.79. The normalized spacial score (nSPS) is 10.4. The second kappa shape index (κ2) is 9.06. The molecule has 25 heavy (non-hydrogen) atoms. The topological polar surface area (TPSA) is 47.6 Å². The van der Waals surface area contributed by atoms with Crippen LogP contribution < -0.4 is 14.8 Å². The lowest BCUT2D eigenvalue weighted by atomic mass is 10.1. The summed E-state index contributed by atoms with van der Waals surface area (Å²) in [7, 11) is 0. The monoisotopic (exact) mass is 429 g/mol. The van der Waals surface area contributed by atoms with Crippen molar-refractivity contribution < 1.29 is 18.7 Å². The van der Waals surface area contributed by atoms with Gasteiger partial charge in [-0.25, -0.2) is 4.39 Å². The van der Waals surface area contributed by atoms with Crippen molar-refractivity contribution in [3.8, 4) is 11.5 Å². The van der Waals surface area contributed by atoms with E-state index in [0.29, 0.717) is 29.2 Å². The molecule has 0 bridgehead atoms. The highest BCUT2D eigenvalue weighted by atomic mass is 79.9. The molecule has 1 N–H and O–H groups in total. The number of carbonyl (C=O) groups excluding carboxylic acids is 1. The van der Waals surface area contributed by atoms with Gasteiger partial charge in [0, 0.05) is 10.0 Å². The summed E-state index contributed by atoms with van der Waals surface area (Å²) in [6.45, 7) is 4.67. The second-order valence-corrected chi connectivity index (χ2v) is 6.47. The Kier molecular flexibility index (Phi) is 7.08. The van der Waals surface area contributed by atoms with Gasteiger partial charge in [-0.2, -0.15) is 0 Å². The molecule has 1 amide bonds. The zero-order chi connectivity index (χ0) is 18.4. The third-order valence-corrected chi connectivity index (χ3v) is 3.98. The van der Waals surface area contributed by atoms with E-state index in [2.05, 4.69) is 21.2 Å². The smallest absolute Gasteiger partial charge is 0.255 e. The van der Waals surface area contributed by atoms with Gasteiger partial charge in [0.05, 0.1) is 23.9 Å². The Morgan fingerprint density at radius 1 is 1.24 bits per heavy atom. The first-order valence-corrected chi connectivity index (χ1v) is 8.98. The fraction of sp³-hybridized carbons (Fsp3) is 0.278. The van der Waals surface area contributed by atoms with Crippen molar-refractivity contribution in [3.63, 3.8) is 0 Å². The number of rotatable bonds is 7. The average molecular weight is 431 g/mol. The van der Waals surface area contributed by atoms with Crippen LogP contribution >= 0.6 is 27.5 Å². The van der Waals surface area contributed by atoms with Gasteiger partial charge in [0.2, 0.25) is 0 Å². The highest BCUT2D eigenvalue weighted by Crippen LogP contribution is 2.37. The van der Waals surface area contributed by atoms with Crippen molar-refractivity contribution in [1.29, 1.82) is 0 Å². The van der Waals surface area contributed by atoms with Gasteiger partial charge in [0.15, 0.2) is 11.5 Å². The number of amides is 1. The minimum absolute atomic E-state index is 0.0774. The minimum atomic E-state index is -0.540. The van der Waals surface area contributed by atoms with Crippen LogP contribution in [0.3, 0.4) is 0 Å². The van der Waals surface area contributed by atoms with Crippen molar-refractivity contribution in [2.75, 3.05) is 18.5 Å². The first-order chi connectivity index (χ1) is 12.0. The van der Waals surface area contributed by atoms with E-state index < -0.39 is 11.7 Å². The van der Waals surface area contributed by atoms with E-state index in [4.69, 9.17) is 21.1 Å². The number of hydrogen-bond donors (Lipinski definition) is 1. The Morgan fingerprint density at radius 2 is 2.00 bits per heavy atom. The summed E-state index contributed by atoms with van der Waals surface area (Å²) in [5.74, 6) is -0.255. The Hall–Kier alpha value is -1.79. The van der Waals surface area contributed by atoms with E-state index in [1.54, 1.807) is 6.07 Å². The number of ether oxygens (including phenoxy) is 2. The number of anilines is 1. The van der Waals surface area contributed by atoms with Gasteiger partial charge < -0.3 is 14.8 Å². The quantitative estimate of drug-likeness (QED) is 0.614. The lowest BCUT2D eigenvalue weighted by Crippen LogP contribution is -2.14. The van der Waals surface area contributed by atoms with Crippen LogP contribution in [0.25, 0.3) is 0 Å². The van der Waals surface area contributed by atoms with Crippen molar-refractivity contribution in [1.82, 2.24) is 0 Å². The molecule has 0 spiro atoms. The summed E-state index contributed by atoms with van der Waals surface area (Å²) in [6, 6.07) is 7.39. The Labute approximate surface area is 159 Å². The third kappa shape index (κ3) is 5.09. The summed E-state index contributed by atoms with van der Waals surface area (Å²) >= 11 is 9.41. The zero-order valence-corrected chi connectivity index (χ0v) is 16.2. The molecule has 0 fully saturated rings. The van der Waals surface area contributed by atoms with Gasteiger partial charge in [-0.15, -0.1) is 0 Å². The van der Waals surface area contributed by atoms with Crippen LogP contribution in [0, 0.1) is 5.82 Å². The van der Waals surface area contributed by atoms with Crippen LogP contribution in [0.15, 0.2) is 34.8 Å². The Morgan fingerprint density at radius 3 is 2.64 bits per heavy atom. The molecular formula is C18H18BrClFNO3. The number of nitrogens with one attached hydrogen (secondary N) is 1. The van der Waals surface area contributed by atoms with Crippen LogP contribution in [0.1, 0.15) is 30.6 Å². The van der Waals surface area contributed by atoms with Crippen molar-refractivity contribution in [2.45, 2.75) is 20.3 Å². The van der Waals surface area contributed by atoms with Crippen LogP contribution in [0.5, 0.6) is 11.5 Å². The molecule has 0 radical (unpaired) electrons. The van der Waals surface area contributed by atoms with E-state index in [1.807, 2.05) is 13.8 Å². The highest BCUT2D eigenvalue weighted by Gasteiger charge is 2.17. The van der Waals surface area contributed by atoms with Gasteiger partial charge in [-0.1, -0.05) is 34.5 Å². The molecule has 0 heterocycles. The van der Waals surface area contributed by atoms with Crippen LogP contribution in [0.4, 0.5) is 10.1 Å². The van der Waals surface area contributed by atoms with Gasteiger partial charge >= 0.3 is 0 Å². The van der Waals surface area contributed by atoms with Crippen molar-refractivity contribution in [3.05, 3.63) is 51.2 Å². The molecule has 2 aromatic carbocycles. The molecule has 134 valence electrons. The molecule has 0 aliphatic rings. The maximum atomic E-state index is 13.9. The van der Waals surface area contributed by atoms with Crippen LogP contribution in [0.2, 0.25) is 5.02 Å². The first-order valence-electron chi connectivity index (χ1n) is 7.81. The summed E-state index contributed by atoms with van der Waals surface area (Å²) in [4.78, 5) is 12.4. The summed E-state index contributed by atoms with van der Waals surface area (Å²) in [5.41, 5.74) is 0.327. The molecule has 4 nitrogen and oxygen atoms in total. The average Bonchev–Trinajstić information content (AvgIpc) is 2.56. The predicted molar refractivity (Wildman–Crippen MR) is 100 cm³/mol. The van der Waals surface area contributed by atoms with Gasteiger partial charge in [0.25, 0.3) is 5.91 Å². The maximum Gasteiger partial charge on any atom is 0.255 e. The van der Waals surface area contributed by atoms with Gasteiger partial charge in [-0.3, -0.25) is 4.79 Å². The number of carbonyl (C=O) groups is 1. The minimum Gasteiger partial charge on any atom is -0.490 e. The predicted octanol–water partition coefficient (Wildman–Crippen LogP) is 5.68. The maximum absolute atomic E-state index is 13.9. The molecule has 0 saturated carbocycles. The fourth-order valence-electron chi connectivity index (χ4n) is 2.09. The molecule has 0 atom stereocenters. The largest absolute Gasteiger partial charge is 0.490 e. The lowest BCUT2D eigenvalue weighted by molar-refractivity contribution is 0.102. The molecule has 0 aromatic heterocycles. The fourth-order valence-corrected chi connectivity index (χ4v) is 2.69. The third-order valence-electron chi connectivity index (χ3n) is 3.20. The standard InChI is InChI=1S/C18H18BrClFNO3/c1-3-7-25-17-13(20)8-11(9-16(17)24-4-2)18(23)22-15-6-5-12(19)10-14(15)21/h5-6,8-10H,3-4,7H2,1-2H3,(H,22,23). The molecule has 0 unspecified atom stereocenters. The highest BCUT2D eigenvalue weighted by molar-refractivity contribution is 9.10. The molecule has 2 rings (SSSR count). The zero-order valence-electron chi connectivity index (χ0n) is 13.9. The van der Waals surface area contributed by atoms with Crippen LogP contribution in [-0.2, 0) is 0 Å². The molecule has 2 aromatic rings. The van der Waals surface area contributed by atoms with E-state index >= 15 is 0 Å². The Balaban J connectivity index is 2.29. The lowest BCUT2D eigenvalue weighted by Gasteiger charge is -2.15. The van der Waals surface area contributed by atoms with E-state index in [1.165, 1.54) is 24.3 Å². The molecular weight excluding hydrogens is 413 g/mol. The summed E-state index contributed by atoms with van der Waals surface area (Å²) in [6.07, 6.45) is 0.812. The van der Waals surface area contributed by atoms with Crippen molar-refractivity contribution >= 4 is 39.1 Å². The number of benzene rings is 2. The number of hydrogen-bond acceptors (Lipinski definition) is 3. The van der Waals surface area contributed by atoms with E-state index in [9.17, 15) is 9.18 Å². The van der Waals surface area contributed by atoms with E-state index in [-0.39, 0.29) is 16.3 Å². The molecule has 7 heteroatoms. The first kappa shape index (κ1) is 19.5. The van der Waals surface area contributed by atoms with E-state index in [0.717, 1.165) is 6.42 Å². The van der Waals surface area contributed by atoms with Gasteiger partial charge in [0.1, 0.15) is 5.82 Å². The number of halogens is 3.